The summed E-state index contributed by atoms with van der Waals surface area (Å²) >= 11 is 3.10. The summed E-state index contributed by atoms with van der Waals surface area (Å²) in [6.45, 7) is 7.60. The van der Waals surface area contributed by atoms with Crippen molar-refractivity contribution >= 4 is 34.4 Å². The molecule has 4 aromatic carbocycles. The molecule has 2 aromatic heterocycles. The van der Waals surface area contributed by atoms with Crippen LogP contribution in [0.5, 0.6) is 0 Å². The molecule has 0 unspecified atom stereocenters. The minimum Gasteiger partial charge on any atom is -0.478 e. The molecule has 0 spiro atoms. The van der Waals surface area contributed by atoms with E-state index in [0.29, 0.717) is 10.4 Å². The second-order valence-electron chi connectivity index (χ2n) is 10.4. The second kappa shape index (κ2) is 15.3. The Balaban J connectivity index is 0.000000169. The van der Waals surface area contributed by atoms with Crippen LogP contribution < -0.4 is 0 Å². The van der Waals surface area contributed by atoms with E-state index in [-0.39, 0.29) is 17.4 Å². The lowest BCUT2D eigenvalue weighted by Crippen LogP contribution is -2.01. The van der Waals surface area contributed by atoms with Gasteiger partial charge in [0.05, 0.1) is 10.4 Å². The molecule has 6 rings (SSSR count). The Morgan fingerprint density at radius 2 is 1.11 bits per heavy atom. The van der Waals surface area contributed by atoms with Crippen LogP contribution in [0.3, 0.4) is 0 Å². The molecule has 6 aromatic rings. The number of thiophene rings is 2. The molecule has 0 radical (unpaired) electrons. The van der Waals surface area contributed by atoms with Crippen LogP contribution in [0.25, 0.3) is 20.9 Å². The van der Waals surface area contributed by atoms with Gasteiger partial charge in [0, 0.05) is 15.3 Å². The Morgan fingerprint density at radius 1 is 0.600 bits per heavy atom. The third-order valence-corrected chi connectivity index (χ3v) is 8.92. The van der Waals surface area contributed by atoms with Crippen molar-refractivity contribution in [2.24, 2.45) is 0 Å². The number of carboxylic acids is 1. The zero-order valence-electron chi connectivity index (χ0n) is 25.3. The van der Waals surface area contributed by atoms with Crippen LogP contribution in [-0.2, 0) is 0 Å². The van der Waals surface area contributed by atoms with Crippen molar-refractivity contribution in [2.75, 3.05) is 0 Å². The van der Waals surface area contributed by atoms with Crippen LogP contribution in [0.4, 0.5) is 8.78 Å². The van der Waals surface area contributed by atoms with Gasteiger partial charge in [-0.2, -0.15) is 0 Å². The molecular weight excluding hydrogens is 607 g/mol. The summed E-state index contributed by atoms with van der Waals surface area (Å²) < 4.78 is 25.5. The second-order valence-corrected chi connectivity index (χ2v) is 12.5. The van der Waals surface area contributed by atoms with E-state index in [1.807, 2.05) is 80.7 Å². The largest absolute Gasteiger partial charge is 0.478 e. The van der Waals surface area contributed by atoms with Crippen molar-refractivity contribution in [3.05, 3.63) is 164 Å². The van der Waals surface area contributed by atoms with Gasteiger partial charge in [-0.05, 0) is 110 Å². The fraction of sp³-hybridized carbons (Fsp3) is 0.105. The summed E-state index contributed by atoms with van der Waals surface area (Å²) in [5.41, 5.74) is 6.98. The van der Waals surface area contributed by atoms with Crippen molar-refractivity contribution in [3.8, 4) is 20.9 Å². The Morgan fingerprint density at radius 3 is 1.60 bits per heavy atom. The minimum absolute atomic E-state index is 0.0413. The zero-order chi connectivity index (χ0) is 32.5. The average molecular weight is 639 g/mol. The molecule has 2 heterocycles. The van der Waals surface area contributed by atoms with Crippen molar-refractivity contribution in [1.82, 2.24) is 0 Å². The maximum Gasteiger partial charge on any atom is 0.335 e. The number of aromatic carboxylic acids is 1. The van der Waals surface area contributed by atoms with Gasteiger partial charge in [0.25, 0.3) is 0 Å². The monoisotopic (exact) mass is 638 g/mol. The lowest BCUT2D eigenvalue weighted by molar-refractivity contribution is 0.0695. The summed E-state index contributed by atoms with van der Waals surface area (Å²) in [5.74, 6) is -1.26. The smallest absolute Gasteiger partial charge is 0.335 e. The van der Waals surface area contributed by atoms with Crippen molar-refractivity contribution in [3.63, 3.8) is 0 Å². The van der Waals surface area contributed by atoms with Gasteiger partial charge in [0.2, 0.25) is 5.78 Å². The normalized spacial score (nSPS) is 10.3. The van der Waals surface area contributed by atoms with Gasteiger partial charge in [-0.25, -0.2) is 13.6 Å². The van der Waals surface area contributed by atoms with Crippen LogP contribution in [0.1, 0.15) is 47.8 Å². The Hall–Kier alpha value is -4.72. The van der Waals surface area contributed by atoms with Gasteiger partial charge in [-0.15, -0.1) is 22.7 Å². The van der Waals surface area contributed by atoms with Gasteiger partial charge in [0.15, 0.2) is 0 Å². The van der Waals surface area contributed by atoms with Crippen LogP contribution in [0, 0.1) is 39.3 Å². The van der Waals surface area contributed by atoms with Crippen molar-refractivity contribution < 1.29 is 23.5 Å². The number of halogens is 2. The predicted octanol–water partition coefficient (Wildman–Crippen LogP) is 11.0. The molecule has 0 aliphatic rings. The quantitative estimate of drug-likeness (QED) is 0.191. The molecule has 0 bridgehead atoms. The van der Waals surface area contributed by atoms with Crippen molar-refractivity contribution in [1.29, 1.82) is 0 Å². The molecule has 0 saturated heterocycles. The standard InChI is InChI=1S/C19H15FOS.C10H7FS.C9H10O2/c1-12-3-4-13(2)16(11-12)19(21)18-10-9-17(22-18)14-5-7-15(20)8-6-14;11-9-5-3-8(4-6-9)10-2-1-7-12-10;1-6-3-4-7(2)8(5-6)9(10)11/h3-11H,1-2H3;1-7H;3-5H,1-2H3,(H,10,11). The minimum atomic E-state index is -0.855. The predicted molar refractivity (Wildman–Crippen MR) is 182 cm³/mol. The summed E-state index contributed by atoms with van der Waals surface area (Å²) in [6, 6.07) is 31.9. The van der Waals surface area contributed by atoms with Crippen LogP contribution in [-0.4, -0.2) is 16.9 Å². The molecule has 0 aliphatic heterocycles. The summed E-state index contributed by atoms with van der Waals surface area (Å²) in [5, 5.41) is 10.7. The third-order valence-electron chi connectivity index (χ3n) is 6.87. The fourth-order valence-corrected chi connectivity index (χ4v) is 6.06. The van der Waals surface area contributed by atoms with Gasteiger partial charge < -0.3 is 5.11 Å². The van der Waals surface area contributed by atoms with Gasteiger partial charge in [-0.1, -0.05) is 65.7 Å². The van der Waals surface area contributed by atoms with Crippen LogP contribution >= 0.6 is 22.7 Å². The number of ketones is 1. The van der Waals surface area contributed by atoms with E-state index in [4.69, 9.17) is 5.11 Å². The number of hydrogen-bond donors (Lipinski definition) is 1. The van der Waals surface area contributed by atoms with Crippen LogP contribution in [0.15, 0.2) is 115 Å². The molecule has 1 N–H and O–H groups in total. The Labute approximate surface area is 270 Å². The van der Waals surface area contributed by atoms with E-state index < -0.39 is 5.97 Å². The Bertz CT molecular complexity index is 1890. The number of hydrogen-bond acceptors (Lipinski definition) is 4. The first kappa shape index (κ1) is 33.2. The number of rotatable bonds is 5. The molecule has 0 atom stereocenters. The number of benzene rings is 4. The van der Waals surface area contributed by atoms with E-state index in [1.54, 1.807) is 48.6 Å². The molecule has 0 saturated carbocycles. The first-order valence-corrected chi connectivity index (χ1v) is 15.8. The highest BCUT2D eigenvalue weighted by Gasteiger charge is 2.15. The SMILES string of the molecule is Cc1ccc(C)c(C(=O)O)c1.Cc1ccc(C)c(C(=O)c2ccc(-c3ccc(F)cc3)s2)c1.Fc1ccc(-c2cccs2)cc1. The lowest BCUT2D eigenvalue weighted by atomic mass is 10.0. The third kappa shape index (κ3) is 9.14. The van der Waals surface area contributed by atoms with Crippen molar-refractivity contribution in [2.45, 2.75) is 27.7 Å². The summed E-state index contributed by atoms with van der Waals surface area (Å²) in [6.07, 6.45) is 0. The first-order valence-electron chi connectivity index (χ1n) is 14.1. The molecule has 7 heteroatoms. The highest BCUT2D eigenvalue weighted by Crippen LogP contribution is 2.30. The molecule has 0 aliphatic carbocycles. The highest BCUT2D eigenvalue weighted by atomic mass is 32.1. The molecule has 0 fully saturated rings. The summed E-state index contributed by atoms with van der Waals surface area (Å²) in [7, 11) is 0. The molecule has 228 valence electrons. The van der Waals surface area contributed by atoms with E-state index in [2.05, 4.69) is 0 Å². The molecule has 45 heavy (non-hydrogen) atoms. The van der Waals surface area contributed by atoms with Gasteiger partial charge >= 0.3 is 5.97 Å². The lowest BCUT2D eigenvalue weighted by Gasteiger charge is -2.04. The van der Waals surface area contributed by atoms with Gasteiger partial charge in [-0.3, -0.25) is 4.79 Å². The van der Waals surface area contributed by atoms with E-state index in [0.717, 1.165) is 43.8 Å². The fourth-order valence-electron chi connectivity index (χ4n) is 4.37. The number of aryl methyl sites for hydroxylation is 4. The number of carboxylic acid groups (broad SMARTS) is 1. The number of carbonyl (C=O) groups is 2. The molecular formula is C38H32F2O3S2. The first-order chi connectivity index (χ1) is 21.5. The number of carbonyl (C=O) groups excluding carboxylic acids is 1. The zero-order valence-corrected chi connectivity index (χ0v) is 26.9. The van der Waals surface area contributed by atoms with Gasteiger partial charge in [0.1, 0.15) is 11.6 Å². The highest BCUT2D eigenvalue weighted by molar-refractivity contribution is 7.17. The van der Waals surface area contributed by atoms with E-state index in [1.165, 1.54) is 40.5 Å². The van der Waals surface area contributed by atoms with E-state index in [9.17, 15) is 18.4 Å². The van der Waals surface area contributed by atoms with Crippen LogP contribution in [0.2, 0.25) is 0 Å². The maximum atomic E-state index is 13.0. The topological polar surface area (TPSA) is 54.4 Å². The average Bonchev–Trinajstić information content (AvgIpc) is 3.74. The van der Waals surface area contributed by atoms with E-state index >= 15 is 0 Å². The Kier molecular flexibility index (Phi) is 11.3. The molecule has 0 amide bonds. The summed E-state index contributed by atoms with van der Waals surface area (Å²) in [4.78, 5) is 26.1. The maximum absolute atomic E-state index is 13.0. The molecule has 3 nitrogen and oxygen atoms in total.